The van der Waals surface area contributed by atoms with Gasteiger partial charge in [0, 0.05) is 18.7 Å². The van der Waals surface area contributed by atoms with Crippen molar-refractivity contribution in [3.63, 3.8) is 0 Å². The lowest BCUT2D eigenvalue weighted by Crippen LogP contribution is -2.27. The molecule has 0 radical (unpaired) electrons. The van der Waals surface area contributed by atoms with Gasteiger partial charge < -0.3 is 10.2 Å². The third-order valence-corrected chi connectivity index (χ3v) is 4.23. The largest absolute Gasteiger partial charge is 0.316 e. The zero-order chi connectivity index (χ0) is 14.8. The minimum atomic E-state index is -0.319. The van der Waals surface area contributed by atoms with E-state index in [-0.39, 0.29) is 24.2 Å². The van der Waals surface area contributed by atoms with E-state index in [1.54, 1.807) is 4.90 Å². The molecule has 1 unspecified atom stereocenters. The van der Waals surface area contributed by atoms with Crippen LogP contribution in [0.3, 0.4) is 0 Å². The highest BCUT2D eigenvalue weighted by Crippen LogP contribution is 2.26. The summed E-state index contributed by atoms with van der Waals surface area (Å²) < 4.78 is 4.12. The average molecular weight is 301 g/mol. The first-order valence-electron chi connectivity index (χ1n) is 6.73. The zero-order valence-corrected chi connectivity index (χ0v) is 12.4. The van der Waals surface area contributed by atoms with Gasteiger partial charge in [-0.3, -0.25) is 9.59 Å². The number of nitrogens with zero attached hydrogens (tertiary/aromatic N) is 2. The smallest absolute Gasteiger partial charge is 0.230 e. The molecule has 1 fully saturated rings. The number of para-hydroxylation sites is 1. The van der Waals surface area contributed by atoms with E-state index in [0.717, 1.165) is 16.4 Å². The van der Waals surface area contributed by atoms with Crippen molar-refractivity contribution >= 4 is 34.0 Å². The summed E-state index contributed by atoms with van der Waals surface area (Å²) in [6.45, 7) is 2.30. The van der Waals surface area contributed by atoms with E-state index in [2.05, 4.69) is 9.69 Å². The van der Waals surface area contributed by atoms with Gasteiger partial charge in [0.2, 0.25) is 11.8 Å². The van der Waals surface area contributed by atoms with Crippen LogP contribution in [0.5, 0.6) is 0 Å². The van der Waals surface area contributed by atoms with Crippen molar-refractivity contribution in [2.24, 2.45) is 5.92 Å². The van der Waals surface area contributed by atoms with Crippen LogP contribution in [-0.4, -0.2) is 22.7 Å². The average Bonchev–Trinajstić information content (AvgIpc) is 3.06. The Hall–Kier alpha value is -2.21. The van der Waals surface area contributed by atoms with E-state index >= 15 is 0 Å². The fourth-order valence-corrected chi connectivity index (χ4v) is 3.05. The number of amides is 2. The summed E-state index contributed by atoms with van der Waals surface area (Å²) in [7, 11) is 0. The predicted molar refractivity (Wildman–Crippen MR) is 82.4 cm³/mol. The second kappa shape index (κ2) is 5.65. The minimum Gasteiger partial charge on any atom is -0.316 e. The highest BCUT2D eigenvalue weighted by Gasteiger charge is 2.35. The molecule has 108 valence electrons. The number of anilines is 2. The topological polar surface area (TPSA) is 62.3 Å². The molecule has 1 aromatic carbocycles. The Morgan fingerprint density at radius 3 is 2.81 bits per heavy atom. The van der Waals surface area contributed by atoms with Gasteiger partial charge in [-0.15, -0.1) is 0 Å². The number of nitrogens with one attached hydrogen (secondary N) is 1. The first kappa shape index (κ1) is 13.8. The van der Waals surface area contributed by atoms with Crippen molar-refractivity contribution in [1.82, 2.24) is 4.37 Å². The Bertz CT molecular complexity index is 669. The first-order chi connectivity index (χ1) is 10.1. The van der Waals surface area contributed by atoms with Crippen molar-refractivity contribution in [2.45, 2.75) is 13.3 Å². The Morgan fingerprint density at radius 1 is 1.38 bits per heavy atom. The first-order valence-corrected chi connectivity index (χ1v) is 7.50. The van der Waals surface area contributed by atoms with Gasteiger partial charge in [0.1, 0.15) is 5.00 Å². The molecule has 1 N–H and O–H groups in total. The maximum atomic E-state index is 12.2. The number of hydrogen-bond donors (Lipinski definition) is 1. The zero-order valence-electron chi connectivity index (χ0n) is 11.6. The minimum absolute atomic E-state index is 0.0122. The summed E-state index contributed by atoms with van der Waals surface area (Å²) >= 11 is 1.25. The van der Waals surface area contributed by atoms with E-state index < -0.39 is 0 Å². The molecular weight excluding hydrogens is 286 g/mol. The Kier molecular flexibility index (Phi) is 3.70. The number of benzene rings is 1. The maximum Gasteiger partial charge on any atom is 0.230 e. The van der Waals surface area contributed by atoms with Crippen LogP contribution in [0.1, 0.15) is 12.1 Å². The highest BCUT2D eigenvalue weighted by atomic mass is 32.1. The molecule has 1 saturated heterocycles. The fraction of sp³-hybridized carbons (Fsp3) is 0.267. The molecule has 2 heterocycles. The molecule has 2 amide bonds. The van der Waals surface area contributed by atoms with Crippen LogP contribution in [0.2, 0.25) is 0 Å². The van der Waals surface area contributed by atoms with Crippen LogP contribution in [0.25, 0.3) is 0 Å². The standard InChI is InChI=1S/C15H15N3O2S/c1-10-7-13(21-17-10)16-15(20)11-8-14(19)18(9-11)12-5-3-2-4-6-12/h2-7,11H,8-9H2,1H3,(H,16,20). The SMILES string of the molecule is Cc1cc(NC(=O)C2CC(=O)N(c3ccccc3)C2)sn1. The molecule has 2 aromatic rings. The van der Waals surface area contributed by atoms with Crippen LogP contribution >= 0.6 is 11.5 Å². The highest BCUT2D eigenvalue weighted by molar-refractivity contribution is 7.10. The Balaban J connectivity index is 1.68. The van der Waals surface area contributed by atoms with Crippen molar-refractivity contribution in [1.29, 1.82) is 0 Å². The molecule has 1 atom stereocenters. The van der Waals surface area contributed by atoms with E-state index in [1.165, 1.54) is 11.5 Å². The molecule has 1 aliphatic heterocycles. The van der Waals surface area contributed by atoms with E-state index in [1.807, 2.05) is 43.3 Å². The third-order valence-electron chi connectivity index (χ3n) is 3.44. The summed E-state index contributed by atoms with van der Waals surface area (Å²) in [5.74, 6) is -0.452. The summed E-state index contributed by atoms with van der Waals surface area (Å²) in [6, 6.07) is 11.3. The second-order valence-electron chi connectivity index (χ2n) is 5.06. The molecule has 1 aliphatic rings. The number of aromatic nitrogens is 1. The molecule has 0 saturated carbocycles. The summed E-state index contributed by atoms with van der Waals surface area (Å²) in [6.07, 6.45) is 0.249. The molecule has 5 nitrogen and oxygen atoms in total. The van der Waals surface area contributed by atoms with Crippen LogP contribution in [-0.2, 0) is 9.59 Å². The Labute approximate surface area is 126 Å². The van der Waals surface area contributed by atoms with Gasteiger partial charge in [-0.2, -0.15) is 4.37 Å². The van der Waals surface area contributed by atoms with Crippen molar-refractivity contribution < 1.29 is 9.59 Å². The van der Waals surface area contributed by atoms with E-state index in [4.69, 9.17) is 0 Å². The van der Waals surface area contributed by atoms with E-state index in [9.17, 15) is 9.59 Å². The van der Waals surface area contributed by atoms with Gasteiger partial charge in [0.25, 0.3) is 0 Å². The summed E-state index contributed by atoms with van der Waals surface area (Å²) in [5.41, 5.74) is 1.72. The predicted octanol–water partition coefficient (Wildman–Crippen LogP) is 2.44. The van der Waals surface area contributed by atoms with Crippen molar-refractivity contribution in [3.8, 4) is 0 Å². The molecule has 0 spiro atoms. The number of carbonyl (C=O) groups is 2. The maximum absolute atomic E-state index is 12.2. The second-order valence-corrected chi connectivity index (χ2v) is 5.87. The number of carbonyl (C=O) groups excluding carboxylic acids is 2. The summed E-state index contributed by atoms with van der Waals surface area (Å²) in [4.78, 5) is 26.0. The molecular formula is C15H15N3O2S. The molecule has 21 heavy (non-hydrogen) atoms. The lowest BCUT2D eigenvalue weighted by Gasteiger charge is -2.16. The lowest BCUT2D eigenvalue weighted by molar-refractivity contribution is -0.122. The van der Waals surface area contributed by atoms with Crippen LogP contribution < -0.4 is 10.2 Å². The number of hydrogen-bond acceptors (Lipinski definition) is 4. The molecule has 1 aromatic heterocycles. The van der Waals surface area contributed by atoms with Crippen molar-refractivity contribution in [2.75, 3.05) is 16.8 Å². The van der Waals surface area contributed by atoms with Gasteiger partial charge in [-0.05, 0) is 36.7 Å². The van der Waals surface area contributed by atoms with Gasteiger partial charge in [-0.1, -0.05) is 18.2 Å². The molecule has 0 aliphatic carbocycles. The van der Waals surface area contributed by atoms with Crippen LogP contribution in [0.15, 0.2) is 36.4 Å². The van der Waals surface area contributed by atoms with Gasteiger partial charge in [0.05, 0.1) is 11.6 Å². The molecule has 0 bridgehead atoms. The van der Waals surface area contributed by atoms with Gasteiger partial charge in [0.15, 0.2) is 0 Å². The van der Waals surface area contributed by atoms with Gasteiger partial charge in [-0.25, -0.2) is 0 Å². The number of aryl methyl sites for hydroxylation is 1. The van der Waals surface area contributed by atoms with Crippen LogP contribution in [0, 0.1) is 12.8 Å². The Morgan fingerprint density at radius 2 is 2.14 bits per heavy atom. The fourth-order valence-electron chi connectivity index (χ4n) is 2.39. The molecule has 3 rings (SSSR count). The summed E-state index contributed by atoms with van der Waals surface area (Å²) in [5, 5.41) is 3.56. The van der Waals surface area contributed by atoms with Crippen LogP contribution in [0.4, 0.5) is 10.7 Å². The third kappa shape index (κ3) is 2.95. The quantitative estimate of drug-likeness (QED) is 0.947. The number of rotatable bonds is 3. The van der Waals surface area contributed by atoms with Crippen molar-refractivity contribution in [3.05, 3.63) is 42.1 Å². The molecule has 6 heteroatoms. The van der Waals surface area contributed by atoms with E-state index in [0.29, 0.717) is 6.54 Å². The van der Waals surface area contributed by atoms with Gasteiger partial charge >= 0.3 is 0 Å². The monoisotopic (exact) mass is 301 g/mol. The normalized spacial score (nSPS) is 18.0. The lowest BCUT2D eigenvalue weighted by atomic mass is 10.1.